The van der Waals surface area contributed by atoms with Crippen molar-refractivity contribution < 1.29 is 19.4 Å². The van der Waals surface area contributed by atoms with Gasteiger partial charge in [-0.3, -0.25) is 9.59 Å². The van der Waals surface area contributed by atoms with Gasteiger partial charge in [-0.25, -0.2) is 0 Å². The number of ether oxygens (including phenoxy) is 1. The Bertz CT molecular complexity index is 783. The van der Waals surface area contributed by atoms with Crippen molar-refractivity contribution in [1.82, 2.24) is 4.90 Å². The molecule has 0 saturated heterocycles. The van der Waals surface area contributed by atoms with E-state index < -0.39 is 17.7 Å². The van der Waals surface area contributed by atoms with Crippen LogP contribution < -0.4 is 0 Å². The Morgan fingerprint density at radius 2 is 2.00 bits per heavy atom. The molecule has 6 heteroatoms. The van der Waals surface area contributed by atoms with Crippen LogP contribution >= 0.6 is 11.3 Å². The summed E-state index contributed by atoms with van der Waals surface area (Å²) in [6.07, 6.45) is 0.624. The van der Waals surface area contributed by atoms with Gasteiger partial charge < -0.3 is 14.7 Å². The average molecular weight is 357 g/mol. The summed E-state index contributed by atoms with van der Waals surface area (Å²) >= 11 is 1.30. The van der Waals surface area contributed by atoms with Gasteiger partial charge >= 0.3 is 0 Å². The fraction of sp³-hybridized carbons (Fsp3) is 0.263. The summed E-state index contributed by atoms with van der Waals surface area (Å²) in [4.78, 5) is 27.6. The summed E-state index contributed by atoms with van der Waals surface area (Å²) in [7, 11) is 1.60. The van der Waals surface area contributed by atoms with Gasteiger partial charge in [0.25, 0.3) is 5.91 Å². The van der Waals surface area contributed by atoms with Crippen molar-refractivity contribution in [3.63, 3.8) is 0 Å². The number of carbonyl (C=O) groups is 2. The Hall–Kier alpha value is -2.44. The highest BCUT2D eigenvalue weighted by atomic mass is 32.1. The zero-order valence-electron chi connectivity index (χ0n) is 13.8. The van der Waals surface area contributed by atoms with E-state index in [2.05, 4.69) is 0 Å². The number of methoxy groups -OCH3 is 1. The lowest BCUT2D eigenvalue weighted by atomic mass is 9.95. The predicted octanol–water partition coefficient (Wildman–Crippen LogP) is 3.36. The molecule has 0 bridgehead atoms. The van der Waals surface area contributed by atoms with Crippen LogP contribution in [0.4, 0.5) is 0 Å². The van der Waals surface area contributed by atoms with Gasteiger partial charge in [-0.05, 0) is 23.4 Å². The maximum absolute atomic E-state index is 12.9. The number of amides is 1. The number of hydrogen-bond acceptors (Lipinski definition) is 5. The summed E-state index contributed by atoms with van der Waals surface area (Å²) in [6, 6.07) is 12.2. The Kier molecular flexibility index (Phi) is 5.31. The minimum Gasteiger partial charge on any atom is -0.503 e. The van der Waals surface area contributed by atoms with Gasteiger partial charge in [0.05, 0.1) is 16.5 Å². The first-order chi connectivity index (χ1) is 12.1. The first kappa shape index (κ1) is 17.4. The Balaban J connectivity index is 2.01. The van der Waals surface area contributed by atoms with Crippen molar-refractivity contribution in [1.29, 1.82) is 0 Å². The summed E-state index contributed by atoms with van der Waals surface area (Å²) in [5.41, 5.74) is 0.952. The van der Waals surface area contributed by atoms with Gasteiger partial charge in [0, 0.05) is 20.3 Å². The first-order valence-electron chi connectivity index (χ1n) is 8.01. The molecule has 0 spiro atoms. The van der Waals surface area contributed by atoms with E-state index >= 15 is 0 Å². The molecule has 0 saturated carbocycles. The van der Waals surface area contributed by atoms with Crippen LogP contribution in [0.2, 0.25) is 0 Å². The molecule has 2 heterocycles. The lowest BCUT2D eigenvalue weighted by Gasteiger charge is -2.26. The van der Waals surface area contributed by atoms with E-state index in [1.54, 1.807) is 29.5 Å². The number of aliphatic hydroxyl groups is 1. The largest absolute Gasteiger partial charge is 0.503 e. The van der Waals surface area contributed by atoms with Crippen LogP contribution in [0.25, 0.3) is 0 Å². The molecule has 3 rings (SSSR count). The molecule has 1 aliphatic heterocycles. The fourth-order valence-corrected chi connectivity index (χ4v) is 3.70. The maximum atomic E-state index is 12.9. The van der Waals surface area contributed by atoms with E-state index in [4.69, 9.17) is 4.74 Å². The lowest BCUT2D eigenvalue weighted by Crippen LogP contribution is -2.32. The van der Waals surface area contributed by atoms with E-state index in [0.717, 1.165) is 5.56 Å². The minimum absolute atomic E-state index is 0.149. The predicted molar refractivity (Wildman–Crippen MR) is 95.7 cm³/mol. The van der Waals surface area contributed by atoms with Crippen LogP contribution in [0.3, 0.4) is 0 Å². The average Bonchev–Trinajstić information content (AvgIpc) is 3.25. The molecule has 0 radical (unpaired) electrons. The summed E-state index contributed by atoms with van der Waals surface area (Å²) in [6.45, 7) is 0.901. The van der Waals surface area contributed by atoms with Gasteiger partial charge in [-0.15, -0.1) is 11.3 Å². The van der Waals surface area contributed by atoms with E-state index in [-0.39, 0.29) is 11.4 Å². The highest BCUT2D eigenvalue weighted by Crippen LogP contribution is 2.39. The van der Waals surface area contributed by atoms with E-state index in [1.165, 1.54) is 11.3 Å². The topological polar surface area (TPSA) is 66.8 Å². The number of ketones is 1. The first-order valence-corrected chi connectivity index (χ1v) is 8.89. The third-order valence-electron chi connectivity index (χ3n) is 4.16. The smallest absolute Gasteiger partial charge is 0.290 e. The van der Waals surface area contributed by atoms with Crippen LogP contribution in [0.15, 0.2) is 59.2 Å². The molecule has 1 aliphatic rings. The van der Waals surface area contributed by atoms with Crippen molar-refractivity contribution in [3.8, 4) is 0 Å². The fourth-order valence-electron chi connectivity index (χ4n) is 3.02. The number of thiophene rings is 1. The van der Waals surface area contributed by atoms with Crippen LogP contribution in [0, 0.1) is 0 Å². The number of nitrogens with zero attached hydrogens (tertiary/aromatic N) is 1. The number of rotatable bonds is 7. The van der Waals surface area contributed by atoms with E-state index in [9.17, 15) is 14.7 Å². The maximum Gasteiger partial charge on any atom is 0.290 e. The third kappa shape index (κ3) is 3.36. The Morgan fingerprint density at radius 3 is 2.64 bits per heavy atom. The number of hydrogen-bond donors (Lipinski definition) is 1. The minimum atomic E-state index is -0.583. The standard InChI is InChI=1S/C19H19NO4S/c1-24-11-6-10-20-16(13-7-3-2-4-8-13)15(18(22)19(20)23)17(21)14-9-5-12-25-14/h2-5,7-9,12,16,22H,6,10-11H2,1H3/t16-/m0/s1. The second kappa shape index (κ2) is 7.63. The number of Topliss-reactive ketones (excluding diaryl/α,β-unsaturated/α-hetero) is 1. The molecule has 1 amide bonds. The Labute approximate surface area is 150 Å². The van der Waals surface area contributed by atoms with Gasteiger partial charge in [0.2, 0.25) is 5.78 Å². The molecule has 2 aromatic rings. The molecule has 1 N–H and O–H groups in total. The van der Waals surface area contributed by atoms with Crippen LogP contribution in [-0.2, 0) is 9.53 Å². The Morgan fingerprint density at radius 1 is 1.24 bits per heavy atom. The molecule has 1 atom stereocenters. The van der Waals surface area contributed by atoms with Crippen LogP contribution in [-0.4, -0.2) is 42.0 Å². The monoisotopic (exact) mass is 357 g/mol. The van der Waals surface area contributed by atoms with Crippen molar-refractivity contribution in [3.05, 3.63) is 69.6 Å². The van der Waals surface area contributed by atoms with Gasteiger partial charge in [-0.1, -0.05) is 36.4 Å². The number of carbonyl (C=O) groups excluding carboxylic acids is 2. The molecule has 5 nitrogen and oxygen atoms in total. The summed E-state index contributed by atoms with van der Waals surface area (Å²) in [5.74, 6) is -1.27. The molecule has 0 aliphatic carbocycles. The summed E-state index contributed by atoms with van der Waals surface area (Å²) in [5, 5.41) is 12.2. The zero-order valence-corrected chi connectivity index (χ0v) is 14.7. The van der Waals surface area contributed by atoms with Crippen LogP contribution in [0.5, 0.6) is 0 Å². The highest BCUT2D eigenvalue weighted by Gasteiger charge is 2.43. The normalized spacial score (nSPS) is 17.4. The quantitative estimate of drug-likeness (QED) is 0.609. The van der Waals surface area contributed by atoms with E-state index in [1.807, 2.05) is 30.3 Å². The molecule has 1 aromatic heterocycles. The molecular formula is C19H19NO4S. The molecule has 1 aromatic carbocycles. The zero-order chi connectivity index (χ0) is 17.8. The second-order valence-corrected chi connectivity index (χ2v) is 6.67. The molecule has 0 fully saturated rings. The van der Waals surface area contributed by atoms with Gasteiger partial charge in [0.1, 0.15) is 0 Å². The molecular weight excluding hydrogens is 338 g/mol. The van der Waals surface area contributed by atoms with Gasteiger partial charge in [0.15, 0.2) is 5.76 Å². The molecule has 25 heavy (non-hydrogen) atoms. The second-order valence-electron chi connectivity index (χ2n) is 5.73. The highest BCUT2D eigenvalue weighted by molar-refractivity contribution is 7.12. The van der Waals surface area contributed by atoms with Crippen molar-refractivity contribution in [2.24, 2.45) is 0 Å². The third-order valence-corrected chi connectivity index (χ3v) is 5.02. The SMILES string of the molecule is COCCCN1C(=O)C(O)=C(C(=O)c2cccs2)[C@@H]1c1ccccc1. The number of aliphatic hydroxyl groups excluding tert-OH is 1. The van der Waals surface area contributed by atoms with Crippen molar-refractivity contribution in [2.75, 3.05) is 20.3 Å². The van der Waals surface area contributed by atoms with Crippen molar-refractivity contribution in [2.45, 2.75) is 12.5 Å². The van der Waals surface area contributed by atoms with Gasteiger partial charge in [-0.2, -0.15) is 0 Å². The lowest BCUT2D eigenvalue weighted by molar-refractivity contribution is -0.129. The number of benzene rings is 1. The van der Waals surface area contributed by atoms with E-state index in [0.29, 0.717) is 24.4 Å². The van der Waals surface area contributed by atoms with Crippen molar-refractivity contribution >= 4 is 23.0 Å². The molecule has 130 valence electrons. The van der Waals surface area contributed by atoms with Crippen LogP contribution in [0.1, 0.15) is 27.7 Å². The molecule has 0 unspecified atom stereocenters. The summed E-state index contributed by atoms with van der Waals surface area (Å²) < 4.78 is 5.06.